The van der Waals surface area contributed by atoms with Crippen molar-refractivity contribution < 1.29 is 9.53 Å². The average molecular weight is 297 g/mol. The molecule has 2 rings (SSSR count). The summed E-state index contributed by atoms with van der Waals surface area (Å²) in [6.45, 7) is 6.87. The highest BCUT2D eigenvalue weighted by molar-refractivity contribution is 6.34. The highest BCUT2D eigenvalue weighted by Crippen LogP contribution is 2.34. The zero-order chi connectivity index (χ0) is 14.5. The number of hydrogen-bond donors (Lipinski definition) is 1. The molecule has 1 saturated heterocycles. The van der Waals surface area contributed by atoms with Crippen LogP contribution >= 0.6 is 11.6 Å². The molecule has 1 aliphatic heterocycles. The van der Waals surface area contributed by atoms with E-state index in [0.29, 0.717) is 18.2 Å². The summed E-state index contributed by atoms with van der Waals surface area (Å²) >= 11 is 6.33. The molecular weight excluding hydrogens is 276 g/mol. The van der Waals surface area contributed by atoms with E-state index < -0.39 is 0 Å². The minimum atomic E-state index is -0.00785. The minimum absolute atomic E-state index is 0.00785. The molecule has 0 spiro atoms. The van der Waals surface area contributed by atoms with Gasteiger partial charge in [0, 0.05) is 19.0 Å². The van der Waals surface area contributed by atoms with Gasteiger partial charge in [0.05, 0.1) is 29.6 Å². The van der Waals surface area contributed by atoms with Crippen molar-refractivity contribution in [2.75, 3.05) is 36.5 Å². The third kappa shape index (κ3) is 3.44. The van der Waals surface area contributed by atoms with Gasteiger partial charge in [-0.2, -0.15) is 0 Å². The van der Waals surface area contributed by atoms with Crippen molar-refractivity contribution in [3.05, 3.63) is 23.2 Å². The molecule has 110 valence electrons. The maximum Gasteiger partial charge on any atom is 0.227 e. The molecule has 1 aromatic rings. The SMILES string of the molecule is CC[C@H](C)C(=O)Nc1cccc(Cl)c1N1CCOCC1. The van der Waals surface area contributed by atoms with Crippen molar-refractivity contribution in [2.24, 2.45) is 5.92 Å². The van der Waals surface area contributed by atoms with E-state index in [0.717, 1.165) is 30.9 Å². The summed E-state index contributed by atoms with van der Waals surface area (Å²) in [7, 11) is 0. The van der Waals surface area contributed by atoms with Crippen LogP contribution in [0.4, 0.5) is 11.4 Å². The zero-order valence-electron chi connectivity index (χ0n) is 12.0. The number of carbonyl (C=O) groups is 1. The van der Waals surface area contributed by atoms with Crippen molar-refractivity contribution in [1.82, 2.24) is 0 Å². The van der Waals surface area contributed by atoms with Crippen LogP contribution in [0.25, 0.3) is 0 Å². The highest BCUT2D eigenvalue weighted by atomic mass is 35.5. The summed E-state index contributed by atoms with van der Waals surface area (Å²) in [5.74, 6) is 0.0239. The Hall–Kier alpha value is -1.26. The number of amides is 1. The second-order valence-corrected chi connectivity index (χ2v) is 5.44. The molecule has 0 aliphatic carbocycles. The molecule has 1 aromatic carbocycles. The van der Waals surface area contributed by atoms with Crippen LogP contribution in [0.1, 0.15) is 20.3 Å². The van der Waals surface area contributed by atoms with Gasteiger partial charge in [-0.25, -0.2) is 0 Å². The molecule has 5 heteroatoms. The number of anilines is 2. The molecule has 1 amide bonds. The lowest BCUT2D eigenvalue weighted by atomic mass is 10.1. The molecule has 1 fully saturated rings. The number of rotatable bonds is 4. The van der Waals surface area contributed by atoms with E-state index in [1.165, 1.54) is 0 Å². The van der Waals surface area contributed by atoms with E-state index in [9.17, 15) is 4.79 Å². The largest absolute Gasteiger partial charge is 0.378 e. The minimum Gasteiger partial charge on any atom is -0.378 e. The second-order valence-electron chi connectivity index (χ2n) is 5.03. The summed E-state index contributed by atoms with van der Waals surface area (Å²) < 4.78 is 5.37. The lowest BCUT2D eigenvalue weighted by Crippen LogP contribution is -2.37. The van der Waals surface area contributed by atoms with Gasteiger partial charge in [0.1, 0.15) is 0 Å². The van der Waals surface area contributed by atoms with Crippen LogP contribution < -0.4 is 10.2 Å². The first-order valence-corrected chi connectivity index (χ1v) is 7.43. The van der Waals surface area contributed by atoms with Crippen LogP contribution in [0.5, 0.6) is 0 Å². The number of benzene rings is 1. The number of para-hydroxylation sites is 1. The van der Waals surface area contributed by atoms with E-state index >= 15 is 0 Å². The fraction of sp³-hybridized carbons (Fsp3) is 0.533. The Kier molecular flexibility index (Phi) is 5.26. The topological polar surface area (TPSA) is 41.6 Å². The summed E-state index contributed by atoms with van der Waals surface area (Å²) in [6.07, 6.45) is 0.819. The van der Waals surface area contributed by atoms with Crippen LogP contribution in [0.2, 0.25) is 5.02 Å². The van der Waals surface area contributed by atoms with Crippen LogP contribution in [0.3, 0.4) is 0 Å². The fourth-order valence-corrected chi connectivity index (χ4v) is 2.46. The molecule has 4 nitrogen and oxygen atoms in total. The van der Waals surface area contributed by atoms with Crippen molar-refractivity contribution in [3.63, 3.8) is 0 Å². The molecule has 0 saturated carbocycles. The Labute approximate surface area is 125 Å². The van der Waals surface area contributed by atoms with Crippen LogP contribution in [-0.2, 0) is 9.53 Å². The van der Waals surface area contributed by atoms with E-state index in [1.54, 1.807) is 0 Å². The van der Waals surface area contributed by atoms with Crippen molar-refractivity contribution in [2.45, 2.75) is 20.3 Å². The van der Waals surface area contributed by atoms with E-state index in [4.69, 9.17) is 16.3 Å². The molecule has 1 N–H and O–H groups in total. The Balaban J connectivity index is 2.23. The van der Waals surface area contributed by atoms with Crippen molar-refractivity contribution >= 4 is 28.9 Å². The molecular formula is C15H21ClN2O2. The zero-order valence-corrected chi connectivity index (χ0v) is 12.7. The summed E-state index contributed by atoms with van der Waals surface area (Å²) in [5, 5.41) is 3.65. The molecule has 20 heavy (non-hydrogen) atoms. The Morgan fingerprint density at radius 2 is 2.15 bits per heavy atom. The fourth-order valence-electron chi connectivity index (χ4n) is 2.17. The molecule has 1 heterocycles. The van der Waals surface area contributed by atoms with Crippen LogP contribution in [-0.4, -0.2) is 32.2 Å². The lowest BCUT2D eigenvalue weighted by molar-refractivity contribution is -0.119. The molecule has 0 aromatic heterocycles. The van der Waals surface area contributed by atoms with Crippen molar-refractivity contribution in [1.29, 1.82) is 0 Å². The quantitative estimate of drug-likeness (QED) is 0.928. The number of carbonyl (C=O) groups excluding carboxylic acids is 1. The molecule has 1 atom stereocenters. The number of nitrogens with one attached hydrogen (secondary N) is 1. The third-order valence-corrected chi connectivity index (χ3v) is 3.94. The normalized spacial score (nSPS) is 16.9. The molecule has 0 unspecified atom stereocenters. The first-order chi connectivity index (χ1) is 9.63. The first kappa shape index (κ1) is 15.1. The van der Waals surface area contributed by atoms with E-state index in [2.05, 4.69) is 10.2 Å². The van der Waals surface area contributed by atoms with Gasteiger partial charge in [0.25, 0.3) is 0 Å². The third-order valence-electron chi connectivity index (χ3n) is 3.63. The van der Waals surface area contributed by atoms with Gasteiger partial charge >= 0.3 is 0 Å². The monoisotopic (exact) mass is 296 g/mol. The summed E-state index contributed by atoms with van der Waals surface area (Å²) in [4.78, 5) is 14.3. The van der Waals surface area contributed by atoms with E-state index in [-0.39, 0.29) is 11.8 Å². The van der Waals surface area contributed by atoms with Gasteiger partial charge in [-0.3, -0.25) is 4.79 Å². The number of halogens is 1. The van der Waals surface area contributed by atoms with Crippen LogP contribution in [0.15, 0.2) is 18.2 Å². The number of hydrogen-bond acceptors (Lipinski definition) is 3. The van der Waals surface area contributed by atoms with Gasteiger partial charge in [0.2, 0.25) is 5.91 Å². The second kappa shape index (κ2) is 6.95. The number of morpholine rings is 1. The standard InChI is InChI=1S/C15H21ClN2O2/c1-3-11(2)15(19)17-13-6-4-5-12(16)14(13)18-7-9-20-10-8-18/h4-6,11H,3,7-10H2,1-2H3,(H,17,19)/t11-/m0/s1. The Bertz CT molecular complexity index is 473. The number of ether oxygens (including phenoxy) is 1. The van der Waals surface area contributed by atoms with Gasteiger partial charge < -0.3 is 15.0 Å². The van der Waals surface area contributed by atoms with Gasteiger partial charge in [-0.15, -0.1) is 0 Å². The maximum absolute atomic E-state index is 12.1. The van der Waals surface area contributed by atoms with E-state index in [1.807, 2.05) is 32.0 Å². The predicted octanol–water partition coefficient (Wildman–Crippen LogP) is 3.16. The highest BCUT2D eigenvalue weighted by Gasteiger charge is 2.20. The Morgan fingerprint density at radius 1 is 1.45 bits per heavy atom. The van der Waals surface area contributed by atoms with Gasteiger partial charge in [-0.1, -0.05) is 31.5 Å². The Morgan fingerprint density at radius 3 is 2.80 bits per heavy atom. The van der Waals surface area contributed by atoms with Crippen LogP contribution in [0, 0.1) is 5.92 Å². The maximum atomic E-state index is 12.1. The lowest BCUT2D eigenvalue weighted by Gasteiger charge is -2.31. The van der Waals surface area contributed by atoms with Gasteiger partial charge in [0.15, 0.2) is 0 Å². The van der Waals surface area contributed by atoms with Gasteiger partial charge in [-0.05, 0) is 18.6 Å². The summed E-state index contributed by atoms with van der Waals surface area (Å²) in [5.41, 5.74) is 1.68. The summed E-state index contributed by atoms with van der Waals surface area (Å²) in [6, 6.07) is 5.61. The predicted molar refractivity (Wildman–Crippen MR) is 82.6 cm³/mol. The smallest absolute Gasteiger partial charge is 0.227 e. The average Bonchev–Trinajstić information content (AvgIpc) is 2.47. The molecule has 1 aliphatic rings. The first-order valence-electron chi connectivity index (χ1n) is 7.05. The number of nitrogens with zero attached hydrogens (tertiary/aromatic N) is 1. The van der Waals surface area contributed by atoms with Crippen molar-refractivity contribution in [3.8, 4) is 0 Å². The molecule has 0 radical (unpaired) electrons. The molecule has 0 bridgehead atoms.